The van der Waals surface area contributed by atoms with E-state index in [-0.39, 0.29) is 6.61 Å². The van der Waals surface area contributed by atoms with Gasteiger partial charge in [-0.2, -0.15) is 0 Å². The first-order valence-corrected chi connectivity index (χ1v) is 5.98. The molecule has 0 saturated heterocycles. The van der Waals surface area contributed by atoms with Crippen molar-refractivity contribution >= 4 is 0 Å². The van der Waals surface area contributed by atoms with Crippen molar-refractivity contribution in [1.29, 1.82) is 0 Å². The minimum Gasteiger partial charge on any atom is -0.395 e. The van der Waals surface area contributed by atoms with Gasteiger partial charge in [0.15, 0.2) is 0 Å². The van der Waals surface area contributed by atoms with E-state index in [0.717, 1.165) is 12.3 Å². The summed E-state index contributed by atoms with van der Waals surface area (Å²) in [6.45, 7) is 7.02. The van der Waals surface area contributed by atoms with Gasteiger partial charge in [0, 0.05) is 12.1 Å². The third-order valence-corrected chi connectivity index (χ3v) is 3.14. The van der Waals surface area contributed by atoms with E-state index in [4.69, 9.17) is 0 Å². The van der Waals surface area contributed by atoms with E-state index >= 15 is 0 Å². The summed E-state index contributed by atoms with van der Waals surface area (Å²) in [4.78, 5) is 0. The zero-order valence-electron chi connectivity index (χ0n) is 9.79. The third kappa shape index (κ3) is 3.97. The second-order valence-corrected chi connectivity index (χ2v) is 5.29. The van der Waals surface area contributed by atoms with Gasteiger partial charge in [-0.05, 0) is 37.5 Å². The predicted octanol–water partition coefficient (Wildman–Crippen LogP) is 2.17. The highest BCUT2D eigenvalue weighted by molar-refractivity contribution is 4.81. The quantitative estimate of drug-likeness (QED) is 0.711. The van der Waals surface area contributed by atoms with Crippen LogP contribution in [0.15, 0.2) is 0 Å². The lowest BCUT2D eigenvalue weighted by molar-refractivity contribution is 0.212. The molecule has 2 N–H and O–H groups in total. The van der Waals surface area contributed by atoms with Gasteiger partial charge in [-0.3, -0.25) is 0 Å². The van der Waals surface area contributed by atoms with Crippen LogP contribution in [-0.4, -0.2) is 23.8 Å². The Morgan fingerprint density at radius 2 is 2.07 bits per heavy atom. The molecule has 3 atom stereocenters. The molecule has 0 aliphatic heterocycles. The van der Waals surface area contributed by atoms with E-state index in [2.05, 4.69) is 26.1 Å². The molecule has 2 heteroatoms. The summed E-state index contributed by atoms with van der Waals surface area (Å²) in [7, 11) is 0. The first kappa shape index (κ1) is 12.0. The summed E-state index contributed by atoms with van der Waals surface area (Å²) in [5.74, 6) is 1.53. The Bertz CT molecular complexity index is 158. The fourth-order valence-corrected chi connectivity index (χ4v) is 2.46. The van der Waals surface area contributed by atoms with Crippen molar-refractivity contribution in [2.24, 2.45) is 11.8 Å². The summed E-state index contributed by atoms with van der Waals surface area (Å²) in [6, 6.07) is 0.964. The summed E-state index contributed by atoms with van der Waals surface area (Å²) in [6.07, 6.45) is 5.00. The summed E-state index contributed by atoms with van der Waals surface area (Å²) >= 11 is 0. The predicted molar refractivity (Wildman–Crippen MR) is 60.3 cm³/mol. The smallest absolute Gasteiger partial charge is 0.0584 e. The molecule has 0 aromatic heterocycles. The number of rotatable bonds is 5. The Kier molecular flexibility index (Phi) is 4.90. The lowest BCUT2D eigenvalue weighted by Gasteiger charge is -2.22. The van der Waals surface area contributed by atoms with Crippen LogP contribution in [0.1, 0.15) is 46.5 Å². The fourth-order valence-electron chi connectivity index (χ4n) is 2.46. The molecule has 1 aliphatic carbocycles. The molecule has 0 heterocycles. The maximum atomic E-state index is 9.24. The first-order chi connectivity index (χ1) is 6.61. The van der Waals surface area contributed by atoms with Gasteiger partial charge in [0.2, 0.25) is 0 Å². The first-order valence-electron chi connectivity index (χ1n) is 5.98. The average molecular weight is 199 g/mol. The van der Waals surface area contributed by atoms with Gasteiger partial charge in [-0.25, -0.2) is 0 Å². The van der Waals surface area contributed by atoms with Crippen molar-refractivity contribution in [3.8, 4) is 0 Å². The highest BCUT2D eigenvalue weighted by atomic mass is 16.3. The summed E-state index contributed by atoms with van der Waals surface area (Å²) < 4.78 is 0. The molecule has 0 unspecified atom stereocenters. The Labute approximate surface area is 88.1 Å². The zero-order valence-corrected chi connectivity index (χ0v) is 9.79. The molecule has 84 valence electrons. The highest BCUT2D eigenvalue weighted by Crippen LogP contribution is 2.25. The minimum absolute atomic E-state index is 0.281. The number of aliphatic hydroxyl groups excluding tert-OH is 1. The van der Waals surface area contributed by atoms with Crippen molar-refractivity contribution in [3.63, 3.8) is 0 Å². The Morgan fingerprint density at radius 3 is 2.50 bits per heavy atom. The Hall–Kier alpha value is -0.0800. The maximum Gasteiger partial charge on any atom is 0.0584 e. The van der Waals surface area contributed by atoms with Crippen LogP contribution >= 0.6 is 0 Å². The van der Waals surface area contributed by atoms with Gasteiger partial charge < -0.3 is 10.4 Å². The van der Waals surface area contributed by atoms with Crippen LogP contribution in [0.25, 0.3) is 0 Å². The normalized spacial score (nSPS) is 29.8. The Balaban J connectivity index is 2.26. The van der Waals surface area contributed by atoms with Gasteiger partial charge in [0.05, 0.1) is 6.61 Å². The molecule has 1 aliphatic rings. The van der Waals surface area contributed by atoms with Crippen LogP contribution in [0.5, 0.6) is 0 Å². The maximum absolute atomic E-state index is 9.24. The van der Waals surface area contributed by atoms with Crippen LogP contribution < -0.4 is 5.32 Å². The molecule has 1 rings (SSSR count). The number of hydrogen-bond donors (Lipinski definition) is 2. The second kappa shape index (κ2) is 5.72. The molecule has 1 fully saturated rings. The standard InChI is InChI=1S/C12H25NO/c1-9(2)6-12(8-14)13-11-5-4-10(3)7-11/h9-14H,4-8H2,1-3H3/t10-,11+,12-/m0/s1. The van der Waals surface area contributed by atoms with Crippen molar-refractivity contribution < 1.29 is 5.11 Å². The third-order valence-electron chi connectivity index (χ3n) is 3.14. The largest absolute Gasteiger partial charge is 0.395 e. The van der Waals surface area contributed by atoms with Crippen LogP contribution in [0.3, 0.4) is 0 Å². The second-order valence-electron chi connectivity index (χ2n) is 5.29. The monoisotopic (exact) mass is 199 g/mol. The van der Waals surface area contributed by atoms with E-state index in [1.165, 1.54) is 19.3 Å². The van der Waals surface area contributed by atoms with Gasteiger partial charge in [0.1, 0.15) is 0 Å². The molecule has 0 aromatic carbocycles. The van der Waals surface area contributed by atoms with E-state index in [1.807, 2.05) is 0 Å². The molecule has 0 radical (unpaired) electrons. The topological polar surface area (TPSA) is 32.3 Å². The molecule has 0 spiro atoms. The van der Waals surface area contributed by atoms with Gasteiger partial charge >= 0.3 is 0 Å². The van der Waals surface area contributed by atoms with Crippen LogP contribution in [-0.2, 0) is 0 Å². The van der Waals surface area contributed by atoms with E-state index in [1.54, 1.807) is 0 Å². The molecule has 1 saturated carbocycles. The fraction of sp³-hybridized carbons (Fsp3) is 1.00. The average Bonchev–Trinajstić information content (AvgIpc) is 2.49. The zero-order chi connectivity index (χ0) is 10.6. The van der Waals surface area contributed by atoms with Gasteiger partial charge in [0.25, 0.3) is 0 Å². The molecular weight excluding hydrogens is 174 g/mol. The van der Waals surface area contributed by atoms with Crippen LogP contribution in [0.4, 0.5) is 0 Å². The van der Waals surface area contributed by atoms with Crippen molar-refractivity contribution in [2.45, 2.75) is 58.5 Å². The highest BCUT2D eigenvalue weighted by Gasteiger charge is 2.23. The van der Waals surface area contributed by atoms with Crippen LogP contribution in [0, 0.1) is 11.8 Å². The minimum atomic E-state index is 0.281. The molecule has 2 nitrogen and oxygen atoms in total. The molecular formula is C12H25NO. The van der Waals surface area contributed by atoms with E-state index in [0.29, 0.717) is 18.0 Å². The van der Waals surface area contributed by atoms with Crippen LogP contribution in [0.2, 0.25) is 0 Å². The van der Waals surface area contributed by atoms with Crippen molar-refractivity contribution in [1.82, 2.24) is 5.32 Å². The van der Waals surface area contributed by atoms with E-state index < -0.39 is 0 Å². The summed E-state index contributed by atoms with van der Waals surface area (Å²) in [5, 5.41) is 12.8. The van der Waals surface area contributed by atoms with Gasteiger partial charge in [-0.1, -0.05) is 20.8 Å². The summed E-state index contributed by atoms with van der Waals surface area (Å²) in [5.41, 5.74) is 0. The van der Waals surface area contributed by atoms with Gasteiger partial charge in [-0.15, -0.1) is 0 Å². The lowest BCUT2D eigenvalue weighted by atomic mass is 10.0. The Morgan fingerprint density at radius 1 is 1.36 bits per heavy atom. The lowest BCUT2D eigenvalue weighted by Crippen LogP contribution is -2.40. The number of aliphatic hydroxyl groups is 1. The van der Waals surface area contributed by atoms with Crippen molar-refractivity contribution in [2.75, 3.05) is 6.61 Å². The molecule has 14 heavy (non-hydrogen) atoms. The molecule has 0 aromatic rings. The molecule has 0 bridgehead atoms. The number of nitrogens with one attached hydrogen (secondary N) is 1. The SMILES string of the molecule is CC(C)C[C@@H](CO)N[C@@H]1CC[C@H](C)C1. The molecule has 0 amide bonds. The van der Waals surface area contributed by atoms with E-state index in [9.17, 15) is 5.11 Å². The van der Waals surface area contributed by atoms with Crippen molar-refractivity contribution in [3.05, 3.63) is 0 Å². The number of hydrogen-bond acceptors (Lipinski definition) is 2.